The Bertz CT molecular complexity index is 691. The summed E-state index contributed by atoms with van der Waals surface area (Å²) in [6.07, 6.45) is 2.31. The van der Waals surface area contributed by atoms with Crippen LogP contribution in [0.2, 0.25) is 0 Å². The first-order chi connectivity index (χ1) is 12.1. The number of rotatable bonds is 9. The van der Waals surface area contributed by atoms with Crippen molar-refractivity contribution in [2.45, 2.75) is 33.2 Å². The molecule has 1 aromatic heterocycles. The molecule has 0 aliphatic rings. The first-order valence-corrected chi connectivity index (χ1v) is 8.59. The minimum atomic E-state index is 0.613. The molecule has 0 bridgehead atoms. The summed E-state index contributed by atoms with van der Waals surface area (Å²) in [4.78, 5) is 11.3. The molecule has 0 aliphatic carbocycles. The van der Waals surface area contributed by atoms with Gasteiger partial charge in [-0.3, -0.25) is 0 Å². The number of ether oxygens (including phenoxy) is 2. The van der Waals surface area contributed by atoms with Crippen molar-refractivity contribution in [2.75, 3.05) is 38.0 Å². The molecule has 0 amide bonds. The molecule has 1 N–H and O–H groups in total. The zero-order valence-electron chi connectivity index (χ0n) is 15.8. The summed E-state index contributed by atoms with van der Waals surface area (Å²) < 4.78 is 10.6. The van der Waals surface area contributed by atoms with Crippen LogP contribution in [0.1, 0.15) is 31.0 Å². The zero-order chi connectivity index (χ0) is 18.2. The van der Waals surface area contributed by atoms with Crippen molar-refractivity contribution in [2.24, 2.45) is 0 Å². The number of aromatic nitrogens is 2. The summed E-state index contributed by atoms with van der Waals surface area (Å²) >= 11 is 0. The summed E-state index contributed by atoms with van der Waals surface area (Å²) in [5.41, 5.74) is 2.02. The molecule has 6 nitrogen and oxygen atoms in total. The summed E-state index contributed by atoms with van der Waals surface area (Å²) in [5.74, 6) is 3.01. The van der Waals surface area contributed by atoms with Crippen molar-refractivity contribution in [1.29, 1.82) is 0 Å². The Morgan fingerprint density at radius 1 is 1.08 bits per heavy atom. The van der Waals surface area contributed by atoms with Gasteiger partial charge in [-0.2, -0.15) is 4.98 Å². The van der Waals surface area contributed by atoms with Crippen molar-refractivity contribution in [1.82, 2.24) is 9.97 Å². The highest BCUT2D eigenvalue weighted by atomic mass is 16.5. The van der Waals surface area contributed by atoms with E-state index in [9.17, 15) is 0 Å². The molecule has 0 unspecified atom stereocenters. The van der Waals surface area contributed by atoms with E-state index < -0.39 is 0 Å². The summed E-state index contributed by atoms with van der Waals surface area (Å²) in [6, 6.07) is 7.86. The van der Waals surface area contributed by atoms with E-state index in [1.807, 2.05) is 31.2 Å². The topological polar surface area (TPSA) is 59.5 Å². The summed E-state index contributed by atoms with van der Waals surface area (Å²) in [6.45, 7) is 5.78. The third-order valence-electron chi connectivity index (χ3n) is 3.98. The van der Waals surface area contributed by atoms with Crippen molar-refractivity contribution in [3.8, 4) is 11.5 Å². The van der Waals surface area contributed by atoms with Gasteiger partial charge in [0, 0.05) is 31.9 Å². The van der Waals surface area contributed by atoms with Crippen molar-refractivity contribution >= 4 is 11.8 Å². The van der Waals surface area contributed by atoms with Crippen LogP contribution in [0.25, 0.3) is 0 Å². The average molecular weight is 344 g/mol. The number of methoxy groups -OCH3 is 2. The molecule has 0 spiro atoms. The van der Waals surface area contributed by atoms with E-state index in [1.54, 1.807) is 14.2 Å². The van der Waals surface area contributed by atoms with Gasteiger partial charge >= 0.3 is 0 Å². The van der Waals surface area contributed by atoms with Gasteiger partial charge in [0.05, 0.1) is 14.2 Å². The first kappa shape index (κ1) is 18.8. The van der Waals surface area contributed by atoms with Crippen molar-refractivity contribution in [3.63, 3.8) is 0 Å². The SMILES string of the molecule is CCCCN(C)c1cc(C)nc(NCc2ccc(OC)c(OC)c2)n1. The number of anilines is 2. The van der Waals surface area contributed by atoms with Crippen LogP contribution >= 0.6 is 0 Å². The van der Waals surface area contributed by atoms with E-state index in [0.717, 1.165) is 35.8 Å². The second-order valence-electron chi connectivity index (χ2n) is 6.01. The van der Waals surface area contributed by atoms with Crippen LogP contribution in [0, 0.1) is 6.92 Å². The lowest BCUT2D eigenvalue weighted by atomic mass is 10.2. The quantitative estimate of drug-likeness (QED) is 0.749. The molecule has 0 radical (unpaired) electrons. The number of aryl methyl sites for hydroxylation is 1. The van der Waals surface area contributed by atoms with Gasteiger partial charge in [0.25, 0.3) is 0 Å². The molecule has 0 aliphatic heterocycles. The lowest BCUT2D eigenvalue weighted by Gasteiger charge is -2.19. The second kappa shape index (κ2) is 9.11. The highest BCUT2D eigenvalue weighted by Gasteiger charge is 2.08. The largest absolute Gasteiger partial charge is 0.493 e. The van der Waals surface area contributed by atoms with Gasteiger partial charge in [-0.05, 0) is 31.0 Å². The number of nitrogens with one attached hydrogen (secondary N) is 1. The molecular weight excluding hydrogens is 316 g/mol. The van der Waals surface area contributed by atoms with E-state index in [0.29, 0.717) is 18.2 Å². The number of hydrogen-bond acceptors (Lipinski definition) is 6. The smallest absolute Gasteiger partial charge is 0.225 e. The fourth-order valence-corrected chi connectivity index (χ4v) is 2.51. The third-order valence-corrected chi connectivity index (χ3v) is 3.98. The monoisotopic (exact) mass is 344 g/mol. The summed E-state index contributed by atoms with van der Waals surface area (Å²) in [7, 11) is 5.33. The number of benzene rings is 1. The summed E-state index contributed by atoms with van der Waals surface area (Å²) in [5, 5.41) is 3.30. The maximum Gasteiger partial charge on any atom is 0.225 e. The molecular formula is C19H28N4O2. The van der Waals surface area contributed by atoms with E-state index in [1.165, 1.54) is 6.42 Å². The molecule has 2 rings (SSSR count). The highest BCUT2D eigenvalue weighted by molar-refractivity contribution is 5.46. The van der Waals surface area contributed by atoms with Gasteiger partial charge in [-0.25, -0.2) is 4.98 Å². The van der Waals surface area contributed by atoms with Crippen LogP contribution in [-0.2, 0) is 6.54 Å². The average Bonchev–Trinajstić information content (AvgIpc) is 2.63. The normalized spacial score (nSPS) is 10.4. The molecule has 0 saturated heterocycles. The Kier molecular flexibility index (Phi) is 6.86. The van der Waals surface area contributed by atoms with Gasteiger partial charge in [-0.1, -0.05) is 19.4 Å². The van der Waals surface area contributed by atoms with E-state index in [4.69, 9.17) is 9.47 Å². The molecule has 2 aromatic rings. The van der Waals surface area contributed by atoms with Crippen LogP contribution < -0.4 is 19.7 Å². The lowest BCUT2D eigenvalue weighted by molar-refractivity contribution is 0.354. The van der Waals surface area contributed by atoms with E-state index in [-0.39, 0.29) is 0 Å². The highest BCUT2D eigenvalue weighted by Crippen LogP contribution is 2.27. The Labute approximate surface area is 150 Å². The fraction of sp³-hybridized carbons (Fsp3) is 0.474. The van der Waals surface area contributed by atoms with Gasteiger partial charge in [0.15, 0.2) is 11.5 Å². The van der Waals surface area contributed by atoms with Gasteiger partial charge in [-0.15, -0.1) is 0 Å². The van der Waals surface area contributed by atoms with Crippen LogP contribution in [0.3, 0.4) is 0 Å². The Morgan fingerprint density at radius 3 is 2.52 bits per heavy atom. The maximum absolute atomic E-state index is 5.35. The van der Waals surface area contributed by atoms with Crippen LogP contribution in [-0.4, -0.2) is 37.8 Å². The van der Waals surface area contributed by atoms with E-state index >= 15 is 0 Å². The predicted molar refractivity (Wildman–Crippen MR) is 102 cm³/mol. The second-order valence-corrected chi connectivity index (χ2v) is 6.01. The van der Waals surface area contributed by atoms with Gasteiger partial charge in [0.2, 0.25) is 5.95 Å². The molecule has 0 atom stereocenters. The van der Waals surface area contributed by atoms with Crippen molar-refractivity contribution < 1.29 is 9.47 Å². The number of nitrogens with zero attached hydrogens (tertiary/aromatic N) is 3. The Balaban J connectivity index is 2.09. The minimum Gasteiger partial charge on any atom is -0.493 e. The Morgan fingerprint density at radius 2 is 1.84 bits per heavy atom. The number of unbranched alkanes of at least 4 members (excludes halogenated alkanes) is 1. The van der Waals surface area contributed by atoms with Gasteiger partial charge in [0.1, 0.15) is 5.82 Å². The molecule has 0 fully saturated rings. The molecule has 6 heteroatoms. The van der Waals surface area contributed by atoms with Crippen molar-refractivity contribution in [3.05, 3.63) is 35.5 Å². The lowest BCUT2D eigenvalue weighted by Crippen LogP contribution is -2.20. The standard InChI is InChI=1S/C19H28N4O2/c1-6-7-10-23(3)18-11-14(2)21-19(22-18)20-13-15-8-9-16(24-4)17(12-15)25-5/h8-9,11-12H,6-7,10,13H2,1-5H3,(H,20,21,22). The molecule has 1 heterocycles. The molecule has 0 saturated carbocycles. The van der Waals surface area contributed by atoms with E-state index in [2.05, 4.69) is 34.2 Å². The van der Waals surface area contributed by atoms with Gasteiger partial charge < -0.3 is 19.7 Å². The number of hydrogen-bond donors (Lipinski definition) is 1. The molecule has 25 heavy (non-hydrogen) atoms. The first-order valence-electron chi connectivity index (χ1n) is 8.59. The van der Waals surface area contributed by atoms with Crippen LogP contribution in [0.15, 0.2) is 24.3 Å². The molecule has 136 valence electrons. The predicted octanol–water partition coefficient (Wildman–Crippen LogP) is 3.65. The maximum atomic E-state index is 5.35. The zero-order valence-corrected chi connectivity index (χ0v) is 15.8. The minimum absolute atomic E-state index is 0.613. The Hall–Kier alpha value is -2.50. The van der Waals surface area contributed by atoms with Crippen LogP contribution in [0.5, 0.6) is 11.5 Å². The third kappa shape index (κ3) is 5.24. The molecule has 1 aromatic carbocycles. The fourth-order valence-electron chi connectivity index (χ4n) is 2.51. The van der Waals surface area contributed by atoms with Crippen LogP contribution in [0.4, 0.5) is 11.8 Å².